The van der Waals surface area contributed by atoms with Crippen molar-refractivity contribution in [3.63, 3.8) is 0 Å². The van der Waals surface area contributed by atoms with Crippen molar-refractivity contribution in [2.75, 3.05) is 36.8 Å². The highest BCUT2D eigenvalue weighted by atomic mass is 19.4. The van der Waals surface area contributed by atoms with Gasteiger partial charge in [0.05, 0.1) is 53.7 Å². The molecule has 3 aromatic carbocycles. The van der Waals surface area contributed by atoms with Crippen LogP contribution >= 0.6 is 0 Å². The van der Waals surface area contributed by atoms with E-state index >= 15 is 0 Å². The van der Waals surface area contributed by atoms with Gasteiger partial charge in [-0.3, -0.25) is 15.0 Å². The molecule has 0 radical (unpaired) electrons. The minimum absolute atomic E-state index is 0.0302. The number of carboxylic acids is 1. The summed E-state index contributed by atoms with van der Waals surface area (Å²) in [7, 11) is 3.32. The highest BCUT2D eigenvalue weighted by Crippen LogP contribution is 2.43. The molecular formula is C28H20F3N5O8. The number of fused-ring (bicyclic) bond motifs is 1. The number of carboxylic acid groups (broad SMARTS) is 1. The average molecular weight is 611 g/mol. The molecule has 4 rings (SSSR count). The van der Waals surface area contributed by atoms with Crippen LogP contribution in [0.1, 0.15) is 32.0 Å². The Morgan fingerprint density at radius 3 is 2.34 bits per heavy atom. The number of aromatic nitrogens is 1. The lowest BCUT2D eigenvalue weighted by Gasteiger charge is -2.22. The van der Waals surface area contributed by atoms with E-state index in [9.17, 15) is 37.5 Å². The van der Waals surface area contributed by atoms with Crippen molar-refractivity contribution in [2.45, 2.75) is 6.18 Å². The van der Waals surface area contributed by atoms with Crippen molar-refractivity contribution in [1.82, 2.24) is 5.16 Å². The number of nitrogens with zero attached hydrogens (tertiary/aromatic N) is 3. The van der Waals surface area contributed by atoms with E-state index in [1.807, 2.05) is 0 Å². The summed E-state index contributed by atoms with van der Waals surface area (Å²) >= 11 is 0. The highest BCUT2D eigenvalue weighted by molar-refractivity contribution is 6.14. The second-order valence-electron chi connectivity index (χ2n) is 8.93. The van der Waals surface area contributed by atoms with Crippen LogP contribution < -0.4 is 15.5 Å². The molecule has 3 amide bonds. The average Bonchev–Trinajstić information content (AvgIpc) is 3.42. The Morgan fingerprint density at radius 1 is 1.00 bits per heavy atom. The second-order valence-corrected chi connectivity index (χ2v) is 8.93. The van der Waals surface area contributed by atoms with Crippen molar-refractivity contribution in [3.05, 3.63) is 70.9 Å². The van der Waals surface area contributed by atoms with Gasteiger partial charge in [0.2, 0.25) is 0 Å². The number of ether oxygens (including phenoxy) is 2. The number of hydrogen-bond donors (Lipinski definition) is 3. The first-order valence-corrected chi connectivity index (χ1v) is 12.2. The SMILES string of the molecule is COC(=O)Nc1ccc(-c2cc3onc(C(=O)Nc4ccc(C#N)cc4C(=O)O)c3cc2N(C)C(=O)OC)c(C(F)(F)F)c1. The summed E-state index contributed by atoms with van der Waals surface area (Å²) in [5.74, 6) is -2.38. The zero-order valence-electron chi connectivity index (χ0n) is 22.9. The van der Waals surface area contributed by atoms with Gasteiger partial charge in [0.15, 0.2) is 11.3 Å². The number of nitrogens with one attached hydrogen (secondary N) is 2. The van der Waals surface area contributed by atoms with Gasteiger partial charge >= 0.3 is 24.3 Å². The number of carbonyl (C=O) groups excluding carboxylic acids is 3. The Hall–Kier alpha value is -6.11. The molecule has 44 heavy (non-hydrogen) atoms. The molecule has 13 nitrogen and oxygen atoms in total. The number of hydrogen-bond acceptors (Lipinski definition) is 9. The van der Waals surface area contributed by atoms with Crippen LogP contribution in [0.15, 0.2) is 53.1 Å². The number of benzene rings is 3. The van der Waals surface area contributed by atoms with E-state index < -0.39 is 41.4 Å². The number of methoxy groups -OCH3 is 2. The lowest BCUT2D eigenvalue weighted by atomic mass is 9.95. The van der Waals surface area contributed by atoms with Crippen LogP contribution in [0.3, 0.4) is 0 Å². The molecule has 0 bridgehead atoms. The number of alkyl halides is 3. The quantitative estimate of drug-likeness (QED) is 0.244. The van der Waals surface area contributed by atoms with E-state index in [2.05, 4.69) is 20.5 Å². The molecule has 0 spiro atoms. The highest BCUT2D eigenvalue weighted by Gasteiger charge is 2.36. The number of rotatable bonds is 6. The molecule has 0 fully saturated rings. The monoisotopic (exact) mass is 611 g/mol. The molecule has 0 saturated heterocycles. The molecule has 4 aromatic rings. The maximum atomic E-state index is 14.3. The summed E-state index contributed by atoms with van der Waals surface area (Å²) in [5, 5.41) is 26.8. The summed E-state index contributed by atoms with van der Waals surface area (Å²) in [5.41, 5.74) is -3.23. The third-order valence-electron chi connectivity index (χ3n) is 6.29. The molecule has 1 aromatic heterocycles. The van der Waals surface area contributed by atoms with E-state index in [0.717, 1.165) is 37.3 Å². The largest absolute Gasteiger partial charge is 0.478 e. The van der Waals surface area contributed by atoms with Crippen LogP contribution in [0.4, 0.5) is 39.8 Å². The number of nitriles is 1. The number of halogens is 3. The number of carbonyl (C=O) groups is 4. The maximum absolute atomic E-state index is 14.3. The van der Waals surface area contributed by atoms with E-state index in [1.165, 1.54) is 31.3 Å². The molecule has 3 N–H and O–H groups in total. The Balaban J connectivity index is 1.88. The first kappa shape index (κ1) is 30.8. The fourth-order valence-corrected chi connectivity index (χ4v) is 4.21. The van der Waals surface area contributed by atoms with Gasteiger partial charge in [-0.05, 0) is 48.0 Å². The Morgan fingerprint density at radius 2 is 1.73 bits per heavy atom. The fraction of sp³-hybridized carbons (Fsp3) is 0.143. The van der Waals surface area contributed by atoms with Crippen LogP contribution in [0.2, 0.25) is 0 Å². The minimum Gasteiger partial charge on any atom is -0.478 e. The first-order valence-electron chi connectivity index (χ1n) is 12.2. The van der Waals surface area contributed by atoms with Crippen molar-refractivity contribution in [3.8, 4) is 17.2 Å². The van der Waals surface area contributed by atoms with Gasteiger partial charge in [0, 0.05) is 18.3 Å². The van der Waals surface area contributed by atoms with Gasteiger partial charge in [0.25, 0.3) is 5.91 Å². The lowest BCUT2D eigenvalue weighted by Crippen LogP contribution is -2.26. The van der Waals surface area contributed by atoms with E-state index in [-0.39, 0.29) is 50.4 Å². The van der Waals surface area contributed by atoms with Crippen LogP contribution in [0, 0.1) is 11.3 Å². The summed E-state index contributed by atoms with van der Waals surface area (Å²) in [4.78, 5) is 49.9. The molecule has 16 heteroatoms. The third kappa shape index (κ3) is 6.06. The summed E-state index contributed by atoms with van der Waals surface area (Å²) in [6.45, 7) is 0. The number of aromatic carboxylic acids is 1. The van der Waals surface area contributed by atoms with Crippen molar-refractivity contribution in [2.24, 2.45) is 0 Å². The molecule has 0 saturated carbocycles. The minimum atomic E-state index is -4.94. The van der Waals surface area contributed by atoms with E-state index in [1.54, 1.807) is 6.07 Å². The summed E-state index contributed by atoms with van der Waals surface area (Å²) < 4.78 is 57.2. The standard InChI is InChI=1S/C28H20F3N5O8/c1-36(27(41)43-3)21-10-18-22(11-16(21)15-6-5-14(33-26(40)42-2)9-19(15)28(29,30)31)44-35-23(18)24(37)34-20-7-4-13(12-32)8-17(20)25(38)39/h4-11H,1-3H3,(H,33,40)(H,34,37)(H,38,39). The van der Waals surface area contributed by atoms with Crippen LogP contribution in [0.25, 0.3) is 22.1 Å². The first-order chi connectivity index (χ1) is 20.8. The smallest absolute Gasteiger partial charge is 0.417 e. The number of anilines is 3. The maximum Gasteiger partial charge on any atom is 0.417 e. The van der Waals surface area contributed by atoms with Crippen molar-refractivity contribution >= 4 is 52.1 Å². The van der Waals surface area contributed by atoms with E-state index in [0.29, 0.717) is 6.07 Å². The van der Waals surface area contributed by atoms with Gasteiger partial charge in [0.1, 0.15) is 0 Å². The fourth-order valence-electron chi connectivity index (χ4n) is 4.21. The van der Waals surface area contributed by atoms with Gasteiger partial charge < -0.3 is 24.4 Å². The van der Waals surface area contributed by atoms with Crippen molar-refractivity contribution in [1.29, 1.82) is 5.26 Å². The molecule has 0 aliphatic rings. The van der Waals surface area contributed by atoms with Gasteiger partial charge in [-0.25, -0.2) is 14.4 Å². The van der Waals surface area contributed by atoms with Gasteiger partial charge in [-0.15, -0.1) is 0 Å². The van der Waals surface area contributed by atoms with E-state index in [4.69, 9.17) is 14.5 Å². The zero-order chi connectivity index (χ0) is 32.3. The Labute approximate surface area is 245 Å². The van der Waals surface area contributed by atoms with Crippen LogP contribution in [-0.2, 0) is 15.7 Å². The predicted molar refractivity (Wildman–Crippen MR) is 147 cm³/mol. The molecule has 0 aliphatic heterocycles. The summed E-state index contributed by atoms with van der Waals surface area (Å²) in [6, 6.07) is 10.6. The van der Waals surface area contributed by atoms with Crippen molar-refractivity contribution < 1.29 is 51.5 Å². The van der Waals surface area contributed by atoms with Crippen LogP contribution in [-0.4, -0.2) is 55.6 Å². The normalized spacial score (nSPS) is 10.9. The van der Waals surface area contributed by atoms with Gasteiger partial charge in [-0.2, -0.15) is 18.4 Å². The lowest BCUT2D eigenvalue weighted by molar-refractivity contribution is -0.137. The molecular weight excluding hydrogens is 591 g/mol. The molecule has 226 valence electrons. The third-order valence-corrected chi connectivity index (χ3v) is 6.29. The molecule has 0 unspecified atom stereocenters. The number of amides is 3. The molecule has 0 atom stereocenters. The Kier molecular flexibility index (Phi) is 8.42. The predicted octanol–water partition coefficient (Wildman–Crippen LogP) is 5.72. The topological polar surface area (TPSA) is 184 Å². The Bertz CT molecular complexity index is 1860. The molecule has 1 heterocycles. The van der Waals surface area contributed by atoms with Crippen LogP contribution in [0.5, 0.6) is 0 Å². The molecule has 0 aliphatic carbocycles. The summed E-state index contributed by atoms with van der Waals surface area (Å²) in [6.07, 6.45) is -6.90. The second kappa shape index (κ2) is 12.0. The van der Waals surface area contributed by atoms with Gasteiger partial charge in [-0.1, -0.05) is 11.2 Å². The zero-order valence-corrected chi connectivity index (χ0v) is 22.9.